The Morgan fingerprint density at radius 1 is 0.926 bits per heavy atom. The number of rotatable bonds is 5. The Bertz CT molecular complexity index is 762. The van der Waals surface area contributed by atoms with Crippen LogP contribution in [-0.2, 0) is 10.0 Å². The van der Waals surface area contributed by atoms with Crippen LogP contribution in [0.5, 0.6) is 0 Å². The fraction of sp³-hybridized carbons (Fsp3) is 0.714. The highest BCUT2D eigenvalue weighted by molar-refractivity contribution is 7.99. The molecule has 0 spiro atoms. The number of benzene rings is 1. The van der Waals surface area contributed by atoms with Crippen LogP contribution in [0.15, 0.2) is 4.90 Å². The second-order valence-corrected chi connectivity index (χ2v) is 11.2. The summed E-state index contributed by atoms with van der Waals surface area (Å²) >= 11 is 2.06. The van der Waals surface area contributed by atoms with Gasteiger partial charge < -0.3 is 0 Å². The molecule has 0 amide bonds. The summed E-state index contributed by atoms with van der Waals surface area (Å²) in [5.74, 6) is 3.00. The van der Waals surface area contributed by atoms with Crippen LogP contribution in [0.1, 0.15) is 47.1 Å². The van der Waals surface area contributed by atoms with E-state index in [0.29, 0.717) is 17.4 Å². The lowest BCUT2D eigenvalue weighted by molar-refractivity contribution is 0.145. The number of sulfonamides is 1. The van der Waals surface area contributed by atoms with Crippen molar-refractivity contribution in [3.63, 3.8) is 0 Å². The molecule has 3 rings (SSSR count). The van der Waals surface area contributed by atoms with Gasteiger partial charge in [-0.3, -0.25) is 4.90 Å². The Kier molecular flexibility index (Phi) is 6.61. The van der Waals surface area contributed by atoms with Crippen LogP contribution in [0, 0.1) is 40.5 Å². The molecule has 4 nitrogen and oxygen atoms in total. The van der Waals surface area contributed by atoms with E-state index in [-0.39, 0.29) is 0 Å². The smallest absolute Gasteiger partial charge is 0.241 e. The Hall–Kier alpha value is -0.560. The summed E-state index contributed by atoms with van der Waals surface area (Å²) in [7, 11) is -3.48. The third kappa shape index (κ3) is 4.39. The quantitative estimate of drug-likeness (QED) is 0.804. The fourth-order valence-corrected chi connectivity index (χ4v) is 7.47. The highest BCUT2D eigenvalue weighted by atomic mass is 32.2. The van der Waals surface area contributed by atoms with Gasteiger partial charge in [-0.15, -0.1) is 0 Å². The molecule has 1 aromatic carbocycles. The first-order chi connectivity index (χ1) is 12.7. The van der Waals surface area contributed by atoms with Gasteiger partial charge in [0, 0.05) is 18.3 Å². The van der Waals surface area contributed by atoms with Crippen molar-refractivity contribution in [2.45, 2.75) is 64.8 Å². The highest BCUT2D eigenvalue weighted by Crippen LogP contribution is 2.30. The van der Waals surface area contributed by atoms with E-state index in [1.165, 1.54) is 23.5 Å². The molecule has 1 N–H and O–H groups in total. The first-order valence-electron chi connectivity index (χ1n) is 10.1. The first kappa shape index (κ1) is 21.2. The van der Waals surface area contributed by atoms with Gasteiger partial charge in [-0.25, -0.2) is 13.1 Å². The highest BCUT2D eigenvalue weighted by Gasteiger charge is 2.29. The van der Waals surface area contributed by atoms with E-state index < -0.39 is 10.0 Å². The van der Waals surface area contributed by atoms with Crippen LogP contribution >= 0.6 is 11.8 Å². The van der Waals surface area contributed by atoms with Crippen molar-refractivity contribution in [3.8, 4) is 0 Å². The molecule has 0 aliphatic carbocycles. The van der Waals surface area contributed by atoms with Crippen molar-refractivity contribution in [1.82, 2.24) is 9.62 Å². The summed E-state index contributed by atoms with van der Waals surface area (Å²) in [6.07, 6.45) is 3.49. The zero-order valence-corrected chi connectivity index (χ0v) is 19.0. The van der Waals surface area contributed by atoms with E-state index in [9.17, 15) is 8.42 Å². The van der Waals surface area contributed by atoms with E-state index >= 15 is 0 Å². The Labute approximate surface area is 169 Å². The molecule has 2 saturated heterocycles. The standard InChI is InChI=1S/C21H34N2O2S2/c1-14-15(2)17(4)21(18(5)16(14)3)27(24,25)22-12-19-6-9-23(10-7-19)20-8-11-26-13-20/h19-20,22H,6-13H2,1-5H3. The predicted molar refractivity (Wildman–Crippen MR) is 115 cm³/mol. The molecule has 2 heterocycles. The van der Waals surface area contributed by atoms with Gasteiger partial charge in [-0.1, -0.05) is 0 Å². The molecule has 0 radical (unpaired) electrons. The Balaban J connectivity index is 1.65. The fourth-order valence-electron chi connectivity index (χ4n) is 4.50. The molecule has 0 aromatic heterocycles. The number of hydrogen-bond acceptors (Lipinski definition) is 4. The maximum absolute atomic E-state index is 13.1. The summed E-state index contributed by atoms with van der Waals surface area (Å²) in [6.45, 7) is 12.8. The van der Waals surface area contributed by atoms with Crippen LogP contribution in [0.25, 0.3) is 0 Å². The molecule has 2 fully saturated rings. The first-order valence-corrected chi connectivity index (χ1v) is 12.7. The predicted octanol–water partition coefficient (Wildman–Crippen LogP) is 3.72. The van der Waals surface area contributed by atoms with Gasteiger partial charge in [0.1, 0.15) is 0 Å². The van der Waals surface area contributed by atoms with Crippen molar-refractivity contribution in [3.05, 3.63) is 27.8 Å². The van der Waals surface area contributed by atoms with Gasteiger partial charge >= 0.3 is 0 Å². The summed E-state index contributed by atoms with van der Waals surface area (Å²) < 4.78 is 29.1. The second kappa shape index (κ2) is 8.44. The van der Waals surface area contributed by atoms with Crippen LogP contribution in [0.3, 0.4) is 0 Å². The number of thioether (sulfide) groups is 1. The van der Waals surface area contributed by atoms with Gasteiger partial charge in [-0.05, 0) is 106 Å². The Morgan fingerprint density at radius 2 is 1.48 bits per heavy atom. The summed E-state index contributed by atoms with van der Waals surface area (Å²) in [4.78, 5) is 3.11. The molecular weight excluding hydrogens is 376 g/mol. The molecule has 1 atom stereocenters. The van der Waals surface area contributed by atoms with Crippen molar-refractivity contribution in [2.75, 3.05) is 31.1 Å². The number of likely N-dealkylation sites (tertiary alicyclic amines) is 1. The zero-order valence-electron chi connectivity index (χ0n) is 17.4. The molecule has 1 unspecified atom stereocenters. The van der Waals surface area contributed by atoms with Crippen molar-refractivity contribution < 1.29 is 8.42 Å². The molecule has 0 bridgehead atoms. The molecule has 152 valence electrons. The third-order valence-corrected chi connectivity index (χ3v) is 9.67. The average Bonchev–Trinajstić information content (AvgIpc) is 3.18. The van der Waals surface area contributed by atoms with E-state index in [4.69, 9.17) is 0 Å². The summed E-state index contributed by atoms with van der Waals surface area (Å²) in [5.41, 5.74) is 5.14. The van der Waals surface area contributed by atoms with Crippen molar-refractivity contribution in [2.24, 2.45) is 5.92 Å². The van der Waals surface area contributed by atoms with E-state index in [1.807, 2.05) is 27.7 Å². The molecule has 2 aliphatic heterocycles. The van der Waals surface area contributed by atoms with E-state index in [1.54, 1.807) is 0 Å². The SMILES string of the molecule is Cc1c(C)c(C)c(S(=O)(=O)NCC2CCN(C3CCSC3)CC2)c(C)c1C. The Morgan fingerprint density at radius 3 is 2.00 bits per heavy atom. The molecule has 6 heteroatoms. The lowest BCUT2D eigenvalue weighted by atomic mass is 9.95. The van der Waals surface area contributed by atoms with Crippen LogP contribution in [0.2, 0.25) is 0 Å². The number of piperidine rings is 1. The van der Waals surface area contributed by atoms with E-state index in [0.717, 1.165) is 54.2 Å². The number of hydrogen-bond donors (Lipinski definition) is 1. The molecule has 0 saturated carbocycles. The minimum absolute atomic E-state index is 0.443. The normalized spacial score (nSPS) is 22.5. The van der Waals surface area contributed by atoms with Gasteiger partial charge in [0.15, 0.2) is 0 Å². The minimum Gasteiger partial charge on any atom is -0.300 e. The van der Waals surface area contributed by atoms with Gasteiger partial charge in [-0.2, -0.15) is 11.8 Å². The van der Waals surface area contributed by atoms with Crippen molar-refractivity contribution in [1.29, 1.82) is 0 Å². The van der Waals surface area contributed by atoms with Gasteiger partial charge in [0.2, 0.25) is 10.0 Å². The molecule has 1 aromatic rings. The minimum atomic E-state index is -3.48. The summed E-state index contributed by atoms with van der Waals surface area (Å²) in [6, 6.07) is 0.747. The molecule has 27 heavy (non-hydrogen) atoms. The monoisotopic (exact) mass is 410 g/mol. The summed E-state index contributed by atoms with van der Waals surface area (Å²) in [5, 5.41) is 0. The second-order valence-electron chi connectivity index (χ2n) is 8.30. The van der Waals surface area contributed by atoms with Crippen molar-refractivity contribution >= 4 is 21.8 Å². The number of nitrogens with zero attached hydrogens (tertiary/aromatic N) is 1. The van der Waals surface area contributed by atoms with Gasteiger partial charge in [0.05, 0.1) is 4.90 Å². The molecular formula is C21H34N2O2S2. The number of nitrogens with one attached hydrogen (secondary N) is 1. The average molecular weight is 411 g/mol. The molecule has 2 aliphatic rings. The van der Waals surface area contributed by atoms with E-state index in [2.05, 4.69) is 28.3 Å². The van der Waals surface area contributed by atoms with Crippen LogP contribution < -0.4 is 4.72 Å². The van der Waals surface area contributed by atoms with Crippen LogP contribution in [0.4, 0.5) is 0 Å². The van der Waals surface area contributed by atoms with Crippen LogP contribution in [-0.4, -0.2) is 50.5 Å². The largest absolute Gasteiger partial charge is 0.300 e. The maximum Gasteiger partial charge on any atom is 0.241 e. The maximum atomic E-state index is 13.1. The lowest BCUT2D eigenvalue weighted by Gasteiger charge is -2.35. The topological polar surface area (TPSA) is 49.4 Å². The third-order valence-electron chi connectivity index (χ3n) is 6.83. The lowest BCUT2D eigenvalue weighted by Crippen LogP contribution is -2.43. The van der Waals surface area contributed by atoms with Gasteiger partial charge in [0.25, 0.3) is 0 Å². The zero-order chi connectivity index (χ0) is 19.8.